The molecule has 2 aromatic heterocycles. The molecule has 6 rings (SSSR count). The van der Waals surface area contributed by atoms with E-state index in [1.807, 2.05) is 71.5 Å². The number of carbonyl (C=O) groups excluding carboxylic acids is 2. The molecule has 3 aromatic carbocycles. The summed E-state index contributed by atoms with van der Waals surface area (Å²) in [5.41, 5.74) is 3.90. The molecule has 3 heterocycles. The number of hydrogen-bond acceptors (Lipinski definition) is 10. The molecule has 0 saturated heterocycles. The number of nitrogens with zero attached hydrogens (tertiary/aromatic N) is 5. The van der Waals surface area contributed by atoms with E-state index in [1.54, 1.807) is 54.8 Å². The lowest BCUT2D eigenvalue weighted by molar-refractivity contribution is -0.130. The van der Waals surface area contributed by atoms with Gasteiger partial charge in [0, 0.05) is 17.7 Å². The molecule has 0 fully saturated rings. The summed E-state index contributed by atoms with van der Waals surface area (Å²) < 4.78 is 18.5. The van der Waals surface area contributed by atoms with Crippen LogP contribution < -0.4 is 19.5 Å². The predicted molar refractivity (Wildman–Crippen MR) is 186 cm³/mol. The molecule has 0 aliphatic carbocycles. The molecule has 48 heavy (non-hydrogen) atoms. The highest BCUT2D eigenvalue weighted by Crippen LogP contribution is 2.42. The van der Waals surface area contributed by atoms with Gasteiger partial charge in [0.05, 0.1) is 55.8 Å². The van der Waals surface area contributed by atoms with Crippen LogP contribution in [0.3, 0.4) is 0 Å². The Kier molecular flexibility index (Phi) is 10.1. The SMILES string of the molecule is COc1ccccc1C(=O)NCc1nnc(SCC(=O)N2N=C(c3cccs3)C[C@@H]2c2cccc(OC)c2OC)n1-c1cccc(C)c1. The fourth-order valence-electron chi connectivity index (χ4n) is 5.56. The lowest BCUT2D eigenvalue weighted by Crippen LogP contribution is -2.29. The van der Waals surface area contributed by atoms with Crippen molar-refractivity contribution in [2.24, 2.45) is 5.10 Å². The van der Waals surface area contributed by atoms with Gasteiger partial charge in [-0.1, -0.05) is 54.2 Å². The number of nitrogens with one attached hydrogen (secondary N) is 1. The van der Waals surface area contributed by atoms with E-state index in [-0.39, 0.29) is 24.1 Å². The van der Waals surface area contributed by atoms with Gasteiger partial charge in [0.15, 0.2) is 22.5 Å². The third-order valence-corrected chi connectivity index (χ3v) is 9.64. The first-order valence-electron chi connectivity index (χ1n) is 15.1. The van der Waals surface area contributed by atoms with E-state index in [4.69, 9.17) is 19.3 Å². The number of ether oxygens (including phenoxy) is 3. The highest BCUT2D eigenvalue weighted by Gasteiger charge is 2.36. The summed E-state index contributed by atoms with van der Waals surface area (Å²) in [5.74, 6) is 1.67. The molecule has 5 aromatic rings. The van der Waals surface area contributed by atoms with Crippen LogP contribution >= 0.6 is 23.1 Å². The third-order valence-electron chi connectivity index (χ3n) is 7.81. The first-order chi connectivity index (χ1) is 23.4. The summed E-state index contributed by atoms with van der Waals surface area (Å²) in [4.78, 5) is 28.1. The number of rotatable bonds is 12. The highest BCUT2D eigenvalue weighted by atomic mass is 32.2. The van der Waals surface area contributed by atoms with Crippen molar-refractivity contribution in [3.05, 3.63) is 112 Å². The number of thiophene rings is 1. The molecule has 1 aliphatic heterocycles. The van der Waals surface area contributed by atoms with E-state index >= 15 is 0 Å². The van der Waals surface area contributed by atoms with Crippen LogP contribution in [0.2, 0.25) is 0 Å². The molecule has 0 saturated carbocycles. The predicted octanol–water partition coefficient (Wildman–Crippen LogP) is 6.06. The van der Waals surface area contributed by atoms with Crippen LogP contribution in [0.5, 0.6) is 17.2 Å². The third kappa shape index (κ3) is 6.78. The zero-order valence-electron chi connectivity index (χ0n) is 26.9. The topological polar surface area (TPSA) is 120 Å². The van der Waals surface area contributed by atoms with Gasteiger partial charge in [-0.15, -0.1) is 21.5 Å². The van der Waals surface area contributed by atoms with Crippen LogP contribution in [0.4, 0.5) is 0 Å². The van der Waals surface area contributed by atoms with Gasteiger partial charge in [-0.25, -0.2) is 5.01 Å². The molecule has 0 bridgehead atoms. The second kappa shape index (κ2) is 14.7. The summed E-state index contributed by atoms with van der Waals surface area (Å²) in [7, 11) is 4.71. The minimum absolute atomic E-state index is 0.0432. The standard InChI is InChI=1S/C35H34N6O5S2/c1-22-10-7-11-23(18-22)40-31(20-36-34(43)25-12-5-6-14-28(25)44-2)37-38-35(40)48-21-32(42)41-27(19-26(39-41)30-16-9-17-47-30)24-13-8-15-29(45-3)33(24)46-4/h5-18,27H,19-21H2,1-4H3,(H,36,43)/t27-/m1/s1. The Morgan fingerprint density at radius 2 is 1.73 bits per heavy atom. The number of benzene rings is 3. The molecular weight excluding hydrogens is 649 g/mol. The second-order valence-corrected chi connectivity index (χ2v) is 12.7. The number of carbonyl (C=O) groups is 2. The van der Waals surface area contributed by atoms with E-state index in [0.29, 0.717) is 40.2 Å². The summed E-state index contributed by atoms with van der Waals surface area (Å²) in [5, 5.41) is 20.7. The zero-order valence-corrected chi connectivity index (χ0v) is 28.5. The van der Waals surface area contributed by atoms with Crippen LogP contribution in [0, 0.1) is 6.92 Å². The maximum absolute atomic E-state index is 14.0. The van der Waals surface area contributed by atoms with Gasteiger partial charge in [0.2, 0.25) is 0 Å². The molecule has 0 unspecified atom stereocenters. The lowest BCUT2D eigenvalue weighted by atomic mass is 9.99. The fraction of sp³-hybridized carbons (Fsp3) is 0.229. The number of para-hydroxylation sites is 2. The Morgan fingerprint density at radius 3 is 2.48 bits per heavy atom. The monoisotopic (exact) mass is 682 g/mol. The molecule has 1 atom stereocenters. The Morgan fingerprint density at radius 1 is 0.938 bits per heavy atom. The molecule has 13 heteroatoms. The van der Waals surface area contributed by atoms with Gasteiger partial charge in [-0.3, -0.25) is 14.2 Å². The minimum Gasteiger partial charge on any atom is -0.496 e. The van der Waals surface area contributed by atoms with Gasteiger partial charge < -0.3 is 19.5 Å². The maximum Gasteiger partial charge on any atom is 0.255 e. The largest absolute Gasteiger partial charge is 0.496 e. The summed E-state index contributed by atoms with van der Waals surface area (Å²) in [6.07, 6.45) is 0.524. The fourth-order valence-corrected chi connectivity index (χ4v) is 7.11. The van der Waals surface area contributed by atoms with E-state index < -0.39 is 6.04 Å². The molecule has 1 N–H and O–H groups in total. The van der Waals surface area contributed by atoms with Crippen molar-refractivity contribution in [1.82, 2.24) is 25.1 Å². The van der Waals surface area contributed by atoms with Crippen LogP contribution in [0.1, 0.15) is 44.6 Å². The van der Waals surface area contributed by atoms with E-state index in [2.05, 4.69) is 15.5 Å². The summed E-state index contributed by atoms with van der Waals surface area (Å²) >= 11 is 2.84. The Bertz CT molecular complexity index is 1960. The number of methoxy groups -OCH3 is 3. The van der Waals surface area contributed by atoms with E-state index in [9.17, 15) is 9.59 Å². The number of hydrazone groups is 1. The molecule has 2 amide bonds. The van der Waals surface area contributed by atoms with Crippen molar-refractivity contribution >= 4 is 40.6 Å². The first kappa shape index (κ1) is 32.8. The molecule has 11 nitrogen and oxygen atoms in total. The molecule has 246 valence electrons. The van der Waals surface area contributed by atoms with Gasteiger partial charge >= 0.3 is 0 Å². The van der Waals surface area contributed by atoms with Crippen LogP contribution in [0.25, 0.3) is 5.69 Å². The second-order valence-electron chi connectivity index (χ2n) is 10.8. The van der Waals surface area contributed by atoms with Crippen LogP contribution in [-0.2, 0) is 11.3 Å². The van der Waals surface area contributed by atoms with Crippen molar-refractivity contribution in [2.45, 2.75) is 31.1 Å². The quantitative estimate of drug-likeness (QED) is 0.158. The number of aromatic nitrogens is 3. The smallest absolute Gasteiger partial charge is 0.255 e. The highest BCUT2D eigenvalue weighted by molar-refractivity contribution is 7.99. The molecular formula is C35H34N6O5S2. The van der Waals surface area contributed by atoms with Crippen molar-refractivity contribution < 1.29 is 23.8 Å². The average molecular weight is 683 g/mol. The van der Waals surface area contributed by atoms with Gasteiger partial charge in [0.1, 0.15) is 5.75 Å². The van der Waals surface area contributed by atoms with Crippen molar-refractivity contribution in [2.75, 3.05) is 27.1 Å². The van der Waals surface area contributed by atoms with Gasteiger partial charge in [-0.2, -0.15) is 5.10 Å². The van der Waals surface area contributed by atoms with Crippen LogP contribution in [-0.4, -0.2) is 64.4 Å². The Labute approximate surface area is 286 Å². The zero-order chi connectivity index (χ0) is 33.6. The number of thioether (sulfide) groups is 1. The van der Waals surface area contributed by atoms with Crippen molar-refractivity contribution in [3.63, 3.8) is 0 Å². The van der Waals surface area contributed by atoms with Gasteiger partial charge in [-0.05, 0) is 54.3 Å². The maximum atomic E-state index is 14.0. The van der Waals surface area contributed by atoms with Crippen molar-refractivity contribution in [1.29, 1.82) is 0 Å². The first-order valence-corrected chi connectivity index (χ1v) is 17.0. The Balaban J connectivity index is 1.27. The van der Waals surface area contributed by atoms with E-state index in [1.165, 1.54) is 18.9 Å². The van der Waals surface area contributed by atoms with E-state index in [0.717, 1.165) is 27.4 Å². The number of amides is 2. The minimum atomic E-state index is -0.393. The lowest BCUT2D eigenvalue weighted by Gasteiger charge is -2.24. The summed E-state index contributed by atoms with van der Waals surface area (Å²) in [6, 6.07) is 24.1. The number of hydrogen-bond donors (Lipinski definition) is 1. The van der Waals surface area contributed by atoms with Crippen LogP contribution in [0.15, 0.2) is 94.5 Å². The van der Waals surface area contributed by atoms with Crippen molar-refractivity contribution in [3.8, 4) is 22.9 Å². The Hall–Kier alpha value is -5.14. The normalized spacial score (nSPS) is 14.0. The summed E-state index contributed by atoms with van der Waals surface area (Å²) in [6.45, 7) is 2.10. The molecule has 0 radical (unpaired) electrons. The average Bonchev–Trinajstić information content (AvgIpc) is 3.89. The molecule has 1 aliphatic rings. The van der Waals surface area contributed by atoms with Gasteiger partial charge in [0.25, 0.3) is 11.8 Å². The molecule has 0 spiro atoms. The number of aryl methyl sites for hydroxylation is 1.